The Bertz CT molecular complexity index is 369. The van der Waals surface area contributed by atoms with Crippen LogP contribution in [0.15, 0.2) is 11.4 Å². The molecule has 1 aliphatic rings. The summed E-state index contributed by atoms with van der Waals surface area (Å²) < 4.78 is 0. The van der Waals surface area contributed by atoms with Crippen LogP contribution in [0, 0.1) is 6.92 Å². The van der Waals surface area contributed by atoms with Gasteiger partial charge in [0.2, 0.25) is 5.91 Å². The SMILES string of the molecule is Cc1ccsc1CCCC(=O)N1CCNCC1. The van der Waals surface area contributed by atoms with E-state index in [1.54, 1.807) is 11.3 Å². The Labute approximate surface area is 107 Å². The summed E-state index contributed by atoms with van der Waals surface area (Å²) in [5.41, 5.74) is 1.37. The number of hydrogen-bond donors (Lipinski definition) is 1. The molecule has 1 aromatic rings. The molecular formula is C13H20N2OS. The number of carbonyl (C=O) groups excluding carboxylic acids is 1. The van der Waals surface area contributed by atoms with Crippen molar-refractivity contribution in [3.05, 3.63) is 21.9 Å². The van der Waals surface area contributed by atoms with Gasteiger partial charge in [-0.3, -0.25) is 4.79 Å². The highest BCUT2D eigenvalue weighted by molar-refractivity contribution is 7.10. The molecule has 4 heteroatoms. The van der Waals surface area contributed by atoms with Gasteiger partial charge >= 0.3 is 0 Å². The fraction of sp³-hybridized carbons (Fsp3) is 0.615. The maximum absolute atomic E-state index is 11.9. The molecule has 0 atom stereocenters. The zero-order chi connectivity index (χ0) is 12.1. The predicted molar refractivity (Wildman–Crippen MR) is 71.4 cm³/mol. The zero-order valence-corrected chi connectivity index (χ0v) is 11.2. The number of hydrogen-bond acceptors (Lipinski definition) is 3. The highest BCUT2D eigenvalue weighted by atomic mass is 32.1. The van der Waals surface area contributed by atoms with Crippen LogP contribution in [0.3, 0.4) is 0 Å². The molecule has 0 aromatic carbocycles. The van der Waals surface area contributed by atoms with Crippen LogP contribution >= 0.6 is 11.3 Å². The van der Waals surface area contributed by atoms with Gasteiger partial charge in [0.15, 0.2) is 0 Å². The molecule has 0 bridgehead atoms. The fourth-order valence-corrected chi connectivity index (χ4v) is 3.09. The number of nitrogens with one attached hydrogen (secondary N) is 1. The highest BCUT2D eigenvalue weighted by Gasteiger charge is 2.15. The summed E-state index contributed by atoms with van der Waals surface area (Å²) >= 11 is 1.80. The summed E-state index contributed by atoms with van der Waals surface area (Å²) in [6.45, 7) is 5.77. The van der Waals surface area contributed by atoms with Crippen LogP contribution in [0.1, 0.15) is 23.3 Å². The van der Waals surface area contributed by atoms with Crippen molar-refractivity contribution in [2.45, 2.75) is 26.2 Å². The number of amides is 1. The molecule has 2 heterocycles. The number of aryl methyl sites for hydroxylation is 2. The van der Waals surface area contributed by atoms with Gasteiger partial charge in [-0.25, -0.2) is 0 Å². The number of nitrogens with zero attached hydrogens (tertiary/aromatic N) is 1. The summed E-state index contributed by atoms with van der Waals surface area (Å²) in [5.74, 6) is 0.320. The van der Waals surface area contributed by atoms with Gasteiger partial charge in [0, 0.05) is 37.5 Å². The molecule has 1 aliphatic heterocycles. The Hall–Kier alpha value is -0.870. The first-order valence-corrected chi connectivity index (χ1v) is 7.17. The van der Waals surface area contributed by atoms with E-state index in [2.05, 4.69) is 23.7 Å². The molecule has 0 aliphatic carbocycles. The van der Waals surface area contributed by atoms with Crippen LogP contribution in [0.5, 0.6) is 0 Å². The fourth-order valence-electron chi connectivity index (χ4n) is 2.13. The highest BCUT2D eigenvalue weighted by Crippen LogP contribution is 2.18. The van der Waals surface area contributed by atoms with Gasteiger partial charge in [-0.1, -0.05) is 0 Å². The van der Waals surface area contributed by atoms with Crippen LogP contribution in [0.4, 0.5) is 0 Å². The van der Waals surface area contributed by atoms with Crippen molar-refractivity contribution in [3.8, 4) is 0 Å². The monoisotopic (exact) mass is 252 g/mol. The quantitative estimate of drug-likeness (QED) is 0.886. The Morgan fingerprint density at radius 1 is 1.47 bits per heavy atom. The maximum atomic E-state index is 11.9. The van der Waals surface area contributed by atoms with Crippen molar-refractivity contribution >= 4 is 17.2 Å². The smallest absolute Gasteiger partial charge is 0.222 e. The number of thiophene rings is 1. The summed E-state index contributed by atoms with van der Waals surface area (Å²) in [6, 6.07) is 2.15. The molecule has 17 heavy (non-hydrogen) atoms. The summed E-state index contributed by atoms with van der Waals surface area (Å²) in [4.78, 5) is 15.3. The first-order chi connectivity index (χ1) is 8.27. The van der Waals surface area contributed by atoms with Gasteiger partial charge in [0.05, 0.1) is 0 Å². The van der Waals surface area contributed by atoms with Gasteiger partial charge in [0.1, 0.15) is 0 Å². The summed E-state index contributed by atoms with van der Waals surface area (Å²) in [5, 5.41) is 5.39. The second kappa shape index (κ2) is 6.17. The molecule has 1 fully saturated rings. The van der Waals surface area contributed by atoms with E-state index in [-0.39, 0.29) is 0 Å². The predicted octanol–water partition coefficient (Wildman–Crippen LogP) is 1.81. The standard InChI is InChI=1S/C13H20N2OS/c1-11-5-10-17-12(11)3-2-4-13(16)15-8-6-14-7-9-15/h5,10,14H,2-4,6-9H2,1H3. The number of carbonyl (C=O) groups is 1. The van der Waals surface area contributed by atoms with Gasteiger partial charge in [-0.05, 0) is 36.8 Å². The lowest BCUT2D eigenvalue weighted by Gasteiger charge is -2.27. The third kappa shape index (κ3) is 3.54. The van der Waals surface area contributed by atoms with Gasteiger partial charge in [-0.15, -0.1) is 11.3 Å². The molecule has 0 radical (unpaired) electrons. The Balaban J connectivity index is 1.71. The second-order valence-electron chi connectivity index (χ2n) is 4.51. The number of rotatable bonds is 4. The number of piperazine rings is 1. The first-order valence-electron chi connectivity index (χ1n) is 6.29. The molecular weight excluding hydrogens is 232 g/mol. The van der Waals surface area contributed by atoms with Crippen LogP contribution in [0.2, 0.25) is 0 Å². The molecule has 3 nitrogen and oxygen atoms in total. The van der Waals surface area contributed by atoms with Crippen molar-refractivity contribution in [2.75, 3.05) is 26.2 Å². The average molecular weight is 252 g/mol. The van der Waals surface area contributed by atoms with Gasteiger partial charge in [0.25, 0.3) is 0 Å². The van der Waals surface area contributed by atoms with E-state index < -0.39 is 0 Å². The minimum Gasteiger partial charge on any atom is -0.340 e. The molecule has 1 N–H and O–H groups in total. The van der Waals surface area contributed by atoms with Crippen molar-refractivity contribution < 1.29 is 4.79 Å². The third-order valence-corrected chi connectivity index (χ3v) is 4.32. The van der Waals surface area contributed by atoms with E-state index in [1.807, 2.05) is 4.90 Å². The van der Waals surface area contributed by atoms with Crippen molar-refractivity contribution in [3.63, 3.8) is 0 Å². The van der Waals surface area contributed by atoms with Crippen molar-refractivity contribution in [1.29, 1.82) is 0 Å². The van der Waals surface area contributed by atoms with E-state index >= 15 is 0 Å². The van der Waals surface area contributed by atoms with Gasteiger partial charge < -0.3 is 10.2 Å². The molecule has 2 rings (SSSR count). The van der Waals surface area contributed by atoms with Crippen molar-refractivity contribution in [2.24, 2.45) is 0 Å². The molecule has 94 valence electrons. The molecule has 1 amide bonds. The van der Waals surface area contributed by atoms with E-state index in [9.17, 15) is 4.79 Å². The summed E-state index contributed by atoms with van der Waals surface area (Å²) in [6.07, 6.45) is 2.71. The lowest BCUT2D eigenvalue weighted by Crippen LogP contribution is -2.46. The van der Waals surface area contributed by atoms with E-state index in [4.69, 9.17) is 0 Å². The van der Waals surface area contributed by atoms with E-state index in [1.165, 1.54) is 10.4 Å². The molecule has 1 saturated heterocycles. The lowest BCUT2D eigenvalue weighted by atomic mass is 10.1. The Morgan fingerprint density at radius 2 is 2.24 bits per heavy atom. The average Bonchev–Trinajstić information content (AvgIpc) is 2.76. The van der Waals surface area contributed by atoms with Gasteiger partial charge in [-0.2, -0.15) is 0 Å². The minimum absolute atomic E-state index is 0.320. The first kappa shape index (κ1) is 12.6. The molecule has 1 aromatic heterocycles. The Morgan fingerprint density at radius 3 is 2.88 bits per heavy atom. The topological polar surface area (TPSA) is 32.3 Å². The molecule has 0 unspecified atom stereocenters. The minimum atomic E-state index is 0.320. The molecule has 0 saturated carbocycles. The van der Waals surface area contributed by atoms with Crippen LogP contribution in [0.25, 0.3) is 0 Å². The van der Waals surface area contributed by atoms with Crippen LogP contribution < -0.4 is 5.32 Å². The third-order valence-electron chi connectivity index (χ3n) is 3.23. The lowest BCUT2D eigenvalue weighted by molar-refractivity contribution is -0.131. The summed E-state index contributed by atoms with van der Waals surface area (Å²) in [7, 11) is 0. The normalized spacial score (nSPS) is 16.2. The maximum Gasteiger partial charge on any atom is 0.222 e. The Kier molecular flexibility index (Phi) is 4.57. The van der Waals surface area contributed by atoms with E-state index in [0.717, 1.165) is 39.0 Å². The second-order valence-corrected chi connectivity index (χ2v) is 5.51. The van der Waals surface area contributed by atoms with Crippen molar-refractivity contribution in [1.82, 2.24) is 10.2 Å². The molecule has 0 spiro atoms. The van der Waals surface area contributed by atoms with Crippen LogP contribution in [-0.4, -0.2) is 37.0 Å². The largest absolute Gasteiger partial charge is 0.340 e. The van der Waals surface area contributed by atoms with Crippen LogP contribution in [-0.2, 0) is 11.2 Å². The zero-order valence-electron chi connectivity index (χ0n) is 10.4. The van der Waals surface area contributed by atoms with E-state index in [0.29, 0.717) is 12.3 Å².